The molecule has 2 saturated heterocycles. The van der Waals surface area contributed by atoms with Crippen molar-refractivity contribution in [3.05, 3.63) is 11.6 Å². The number of fused-ring (bicyclic) bond motifs is 7. The fourth-order valence-corrected chi connectivity index (χ4v) is 15.2. The van der Waals surface area contributed by atoms with E-state index in [2.05, 4.69) is 40.7 Å². The van der Waals surface area contributed by atoms with Gasteiger partial charge in [0.1, 0.15) is 48.8 Å². The van der Waals surface area contributed by atoms with Crippen LogP contribution in [0.2, 0.25) is 0 Å². The van der Waals surface area contributed by atoms with E-state index in [1.807, 2.05) is 27.7 Å². The second kappa shape index (κ2) is 18.9. The van der Waals surface area contributed by atoms with Crippen molar-refractivity contribution in [2.45, 2.75) is 220 Å². The lowest BCUT2D eigenvalue weighted by Gasteiger charge is -2.72. The third kappa shape index (κ3) is 8.79. The van der Waals surface area contributed by atoms with E-state index in [-0.39, 0.29) is 35.0 Å². The first kappa shape index (κ1) is 54.0. The molecule has 13 unspecified atom stereocenters. The minimum Gasteiger partial charge on any atom is -0.479 e. The molecule has 0 spiro atoms. The zero-order chi connectivity index (χ0) is 51.3. The highest BCUT2D eigenvalue weighted by atomic mass is 16.7. The number of esters is 3. The molecule has 18 nitrogen and oxygen atoms in total. The lowest BCUT2D eigenvalue weighted by Crippen LogP contribution is -2.73. The summed E-state index contributed by atoms with van der Waals surface area (Å²) in [5.41, 5.74) is -2.73. The zero-order valence-electron chi connectivity index (χ0n) is 42.5. The van der Waals surface area contributed by atoms with Crippen LogP contribution in [-0.4, -0.2) is 152 Å². The number of carboxylic acid groups (broad SMARTS) is 1. The first-order valence-corrected chi connectivity index (χ1v) is 25.0. The lowest BCUT2D eigenvalue weighted by atomic mass is 9.33. The van der Waals surface area contributed by atoms with Crippen LogP contribution in [0.3, 0.4) is 0 Å². The number of hydrogen-bond acceptors (Lipinski definition) is 17. The fourth-order valence-electron chi connectivity index (χ4n) is 15.2. The summed E-state index contributed by atoms with van der Waals surface area (Å²) in [4.78, 5) is 52.3. The minimum atomic E-state index is -1.88. The topological polar surface area (TPSA) is 274 Å². The molecule has 5 aliphatic carbocycles. The Hall–Kier alpha value is -2.78. The van der Waals surface area contributed by atoms with Crippen LogP contribution in [0.5, 0.6) is 0 Å². The summed E-state index contributed by atoms with van der Waals surface area (Å²) in [6, 6.07) is 0. The Kier molecular flexibility index (Phi) is 14.8. The molecule has 4 saturated carbocycles. The minimum absolute atomic E-state index is 0.0308. The largest absolute Gasteiger partial charge is 0.479 e. The molecule has 392 valence electrons. The number of aliphatic hydroxyl groups is 6. The van der Waals surface area contributed by atoms with Crippen molar-refractivity contribution < 1.29 is 88.1 Å². The second-order valence-corrected chi connectivity index (χ2v) is 24.2. The summed E-state index contributed by atoms with van der Waals surface area (Å²) in [7, 11) is 0. The van der Waals surface area contributed by atoms with Gasteiger partial charge in [0.2, 0.25) is 0 Å². The van der Waals surface area contributed by atoms with Gasteiger partial charge in [-0.15, -0.1) is 0 Å². The highest BCUT2D eigenvalue weighted by Crippen LogP contribution is 2.76. The van der Waals surface area contributed by atoms with Gasteiger partial charge >= 0.3 is 23.9 Å². The average Bonchev–Trinajstić information content (AvgIpc) is 3.23. The third-order valence-electron chi connectivity index (χ3n) is 18.9. The summed E-state index contributed by atoms with van der Waals surface area (Å²) in [5.74, 6) is -3.41. The Morgan fingerprint density at radius 3 is 1.96 bits per heavy atom. The Morgan fingerprint density at radius 2 is 1.36 bits per heavy atom. The van der Waals surface area contributed by atoms with Gasteiger partial charge in [0.25, 0.3) is 0 Å². The maximum Gasteiger partial charge on any atom is 0.335 e. The van der Waals surface area contributed by atoms with Crippen LogP contribution in [0.25, 0.3) is 0 Å². The van der Waals surface area contributed by atoms with Crippen molar-refractivity contribution in [3.8, 4) is 0 Å². The number of ether oxygens (including phenoxy) is 7. The number of rotatable bonds is 11. The molecule has 18 heteroatoms. The third-order valence-corrected chi connectivity index (χ3v) is 18.9. The molecular formula is C51H80O18. The quantitative estimate of drug-likeness (QED) is 0.0675. The van der Waals surface area contributed by atoms with E-state index in [1.54, 1.807) is 0 Å². The number of aliphatic hydroxyl groups excluding tert-OH is 6. The Morgan fingerprint density at radius 1 is 0.739 bits per heavy atom. The molecule has 6 fully saturated rings. The summed E-state index contributed by atoms with van der Waals surface area (Å²) in [5, 5.41) is 76.0. The SMILES string of the molecule is CC(=O)O[C@H]1[C@H](OC(=O)CC(C)C)[C@@]2(CO)C(CC1(C)C)C1=CCC3[C@@]4(C)CC[C@H](OC5OC(C(=O)O)C(OC6OC(C)C(O)C(O)C6O)C(O)C5O)C(C)(C)C4CC[C@@]3(C)[C@]1(C)C[C@H]2OC(C)=O. The zero-order valence-corrected chi connectivity index (χ0v) is 42.5. The molecule has 0 amide bonds. The maximum atomic E-state index is 13.7. The van der Waals surface area contributed by atoms with E-state index in [0.717, 1.165) is 18.4 Å². The molecule has 0 radical (unpaired) electrons. The van der Waals surface area contributed by atoms with Crippen LogP contribution in [-0.2, 0) is 52.3 Å². The standard InChI is InChI=1S/C51H80O18/c1-23(2)19-33(55)67-42-41(65-26(5)54)46(6,7)20-28-27-13-14-30-48(10)17-16-31(47(8,9)29(48)15-18-49(30,11)50(27,12)21-32(64-25(4)53)51(28,42)22-52)66-45-38(60)36(58)39(40(69-45)43(61)62)68-44-37(59)35(57)34(56)24(3)63-44/h13,23-24,28-32,34-42,44-45,52,56-60H,14-22H2,1-12H3,(H,61,62)/t24?,28?,29?,30?,31-,32+,34?,35?,36?,37?,38?,39?,40?,41-,42-,44?,45?,48-,49+,50+,51-/m0/s1. The normalized spacial score (nSPS) is 47.8. The maximum absolute atomic E-state index is 13.7. The molecule has 0 aromatic carbocycles. The molecule has 7 N–H and O–H groups in total. The highest BCUT2D eigenvalue weighted by molar-refractivity contribution is 5.73. The van der Waals surface area contributed by atoms with Gasteiger partial charge < -0.3 is 68.9 Å². The van der Waals surface area contributed by atoms with E-state index >= 15 is 0 Å². The number of carbonyl (C=O) groups is 4. The van der Waals surface area contributed by atoms with E-state index < -0.39 is 144 Å². The van der Waals surface area contributed by atoms with E-state index in [4.69, 9.17) is 33.2 Å². The van der Waals surface area contributed by atoms with E-state index in [0.29, 0.717) is 32.1 Å². The van der Waals surface area contributed by atoms with Crippen LogP contribution in [0.1, 0.15) is 134 Å². The monoisotopic (exact) mass is 981 g/mol. The molecule has 21 atom stereocenters. The number of aliphatic carboxylic acids is 1. The van der Waals surface area contributed by atoms with Crippen molar-refractivity contribution in [1.82, 2.24) is 0 Å². The molecule has 69 heavy (non-hydrogen) atoms. The van der Waals surface area contributed by atoms with E-state index in [9.17, 15) is 54.9 Å². The van der Waals surface area contributed by atoms with Crippen LogP contribution in [0.15, 0.2) is 11.6 Å². The first-order chi connectivity index (χ1) is 31.9. The highest BCUT2D eigenvalue weighted by Gasteiger charge is 2.74. The van der Waals surface area contributed by atoms with Gasteiger partial charge in [-0.1, -0.05) is 74.0 Å². The second-order valence-electron chi connectivity index (χ2n) is 24.2. The molecule has 0 bridgehead atoms. The molecule has 7 aliphatic rings. The smallest absolute Gasteiger partial charge is 0.335 e. The van der Waals surface area contributed by atoms with Crippen molar-refractivity contribution in [2.75, 3.05) is 6.61 Å². The summed E-state index contributed by atoms with van der Waals surface area (Å²) >= 11 is 0. The Labute approximate surface area is 405 Å². The summed E-state index contributed by atoms with van der Waals surface area (Å²) in [6.45, 7) is 22.5. The Bertz CT molecular complexity index is 1990. The van der Waals surface area contributed by atoms with Gasteiger partial charge in [-0.05, 0) is 97.2 Å². The molecule has 2 aliphatic heterocycles. The van der Waals surface area contributed by atoms with Gasteiger partial charge in [0, 0.05) is 25.7 Å². The van der Waals surface area contributed by atoms with Crippen molar-refractivity contribution in [3.63, 3.8) is 0 Å². The number of carboxylic acids is 1. The van der Waals surface area contributed by atoms with Gasteiger partial charge in [-0.25, -0.2) is 4.79 Å². The first-order valence-electron chi connectivity index (χ1n) is 25.0. The number of allylic oxidation sites excluding steroid dienone is 2. The molecule has 0 aromatic rings. The fraction of sp³-hybridized carbons (Fsp3) is 0.882. The van der Waals surface area contributed by atoms with Gasteiger partial charge in [0.15, 0.2) is 24.8 Å². The lowest BCUT2D eigenvalue weighted by molar-refractivity contribution is -0.361. The van der Waals surface area contributed by atoms with Gasteiger partial charge in [-0.2, -0.15) is 0 Å². The van der Waals surface area contributed by atoms with Crippen LogP contribution in [0, 0.1) is 56.2 Å². The predicted octanol–water partition coefficient (Wildman–Crippen LogP) is 3.56. The van der Waals surface area contributed by atoms with Crippen LogP contribution < -0.4 is 0 Å². The molecule has 0 aromatic heterocycles. The van der Waals surface area contributed by atoms with E-state index in [1.165, 1.54) is 20.8 Å². The Balaban J connectivity index is 1.18. The molecule has 2 heterocycles. The van der Waals surface area contributed by atoms with Gasteiger partial charge in [0.05, 0.1) is 24.2 Å². The summed E-state index contributed by atoms with van der Waals surface area (Å²) < 4.78 is 42.5. The van der Waals surface area contributed by atoms with Crippen LogP contribution in [0.4, 0.5) is 0 Å². The van der Waals surface area contributed by atoms with Crippen LogP contribution >= 0.6 is 0 Å². The predicted molar refractivity (Wildman–Crippen MR) is 243 cm³/mol. The van der Waals surface area contributed by atoms with Gasteiger partial charge in [-0.3, -0.25) is 14.4 Å². The average molecular weight is 981 g/mol. The van der Waals surface area contributed by atoms with Crippen molar-refractivity contribution in [2.24, 2.45) is 56.2 Å². The molecular weight excluding hydrogens is 901 g/mol. The van der Waals surface area contributed by atoms with Crippen molar-refractivity contribution in [1.29, 1.82) is 0 Å². The molecule has 7 rings (SSSR count). The summed E-state index contributed by atoms with van der Waals surface area (Å²) in [6.07, 6.45) is -13.4. The number of hydrogen-bond donors (Lipinski definition) is 7. The number of carbonyl (C=O) groups excluding carboxylic acids is 3. The van der Waals surface area contributed by atoms with Crippen molar-refractivity contribution >= 4 is 23.9 Å².